The molecule has 8 nitrogen and oxygen atoms in total. The molecule has 0 saturated heterocycles. The third-order valence-electron chi connectivity index (χ3n) is 4.09. The Kier molecular flexibility index (Phi) is 8.65. The minimum absolute atomic E-state index is 0.0161. The van der Waals surface area contributed by atoms with Crippen molar-refractivity contribution in [2.45, 2.75) is 42.1 Å². The maximum Gasteiger partial charge on any atom is 0.196 e. The monoisotopic (exact) mass is 508 g/mol. The van der Waals surface area contributed by atoms with Gasteiger partial charge in [0.25, 0.3) is 0 Å². The zero-order chi connectivity index (χ0) is 22.5. The van der Waals surface area contributed by atoms with Crippen LogP contribution in [0.5, 0.6) is 0 Å². The molecule has 0 fully saturated rings. The number of ether oxygens (including phenoxy) is 1. The highest BCUT2D eigenvalue weighted by Gasteiger charge is 2.28. The van der Waals surface area contributed by atoms with E-state index in [9.17, 15) is 19.7 Å². The predicted molar refractivity (Wildman–Crippen MR) is 117 cm³/mol. The third kappa shape index (κ3) is 6.59. The smallest absolute Gasteiger partial charge is 0.196 e. The minimum Gasteiger partial charge on any atom is -0.394 e. The van der Waals surface area contributed by atoms with E-state index in [2.05, 4.69) is 15.3 Å². The first-order valence-corrected chi connectivity index (χ1v) is 11.5. The standard InChI is InChI=1S/C18H19Cl2FN4O4S2/c1-9(27)15(8-26)29-18(30-10-2-3-11(19)12(20)4-10)14(28)7-25-6-13(23-24-25)17-22-5-16(21)31-17/h2-6,9,14-15,18,26-28H,7-8H2,1H3/t9-,14+,15?,18?/m1/s1. The van der Waals surface area contributed by atoms with Crippen molar-refractivity contribution in [3.63, 3.8) is 0 Å². The Morgan fingerprint density at radius 1 is 1.29 bits per heavy atom. The highest BCUT2D eigenvalue weighted by atomic mass is 35.5. The Morgan fingerprint density at radius 3 is 2.68 bits per heavy atom. The second-order valence-corrected chi connectivity index (χ2v) is 9.49. The van der Waals surface area contributed by atoms with Crippen molar-refractivity contribution in [2.24, 2.45) is 0 Å². The van der Waals surface area contributed by atoms with Crippen molar-refractivity contribution in [3.8, 4) is 10.7 Å². The molecule has 0 aliphatic rings. The van der Waals surface area contributed by atoms with Crippen LogP contribution in [0.3, 0.4) is 0 Å². The molecule has 0 saturated carbocycles. The maximum absolute atomic E-state index is 13.2. The molecular formula is C18H19Cl2FN4O4S2. The molecule has 2 heterocycles. The van der Waals surface area contributed by atoms with E-state index in [4.69, 9.17) is 27.9 Å². The van der Waals surface area contributed by atoms with E-state index in [1.165, 1.54) is 17.8 Å². The molecule has 31 heavy (non-hydrogen) atoms. The van der Waals surface area contributed by atoms with E-state index in [1.807, 2.05) is 0 Å². The fourth-order valence-electron chi connectivity index (χ4n) is 2.50. The van der Waals surface area contributed by atoms with Crippen LogP contribution in [0.4, 0.5) is 4.39 Å². The van der Waals surface area contributed by atoms with Crippen molar-refractivity contribution in [3.05, 3.63) is 45.8 Å². The quantitative estimate of drug-likeness (QED) is 0.282. The molecule has 4 atom stereocenters. The van der Waals surface area contributed by atoms with Gasteiger partial charge in [0.05, 0.1) is 41.7 Å². The Balaban J connectivity index is 1.76. The molecule has 0 bridgehead atoms. The molecule has 3 N–H and O–H groups in total. The van der Waals surface area contributed by atoms with Gasteiger partial charge in [0, 0.05) is 4.90 Å². The molecule has 13 heteroatoms. The molecule has 0 aliphatic heterocycles. The molecule has 3 aromatic rings. The van der Waals surface area contributed by atoms with Crippen LogP contribution in [0, 0.1) is 5.13 Å². The van der Waals surface area contributed by atoms with Crippen molar-refractivity contribution < 1.29 is 24.4 Å². The number of halogens is 3. The summed E-state index contributed by atoms with van der Waals surface area (Å²) in [5.74, 6) is 0. The molecule has 0 aliphatic carbocycles. The highest BCUT2D eigenvalue weighted by Crippen LogP contribution is 2.33. The van der Waals surface area contributed by atoms with Gasteiger partial charge in [-0.15, -0.1) is 5.10 Å². The van der Waals surface area contributed by atoms with Gasteiger partial charge in [0.1, 0.15) is 28.3 Å². The number of hydrogen-bond acceptors (Lipinski definition) is 9. The lowest BCUT2D eigenvalue weighted by atomic mass is 10.2. The molecule has 2 unspecified atom stereocenters. The third-order valence-corrected chi connectivity index (χ3v) is 6.82. The molecule has 1 aromatic carbocycles. The lowest BCUT2D eigenvalue weighted by Crippen LogP contribution is -2.39. The van der Waals surface area contributed by atoms with Crippen LogP contribution in [-0.4, -0.2) is 65.7 Å². The number of aliphatic hydroxyl groups is 3. The first-order chi connectivity index (χ1) is 14.8. The van der Waals surface area contributed by atoms with Gasteiger partial charge in [-0.05, 0) is 25.1 Å². The summed E-state index contributed by atoms with van der Waals surface area (Å²) in [6, 6.07) is 4.95. The Labute approximate surface area is 195 Å². The van der Waals surface area contributed by atoms with Crippen molar-refractivity contribution >= 4 is 46.3 Å². The normalized spacial score (nSPS) is 15.6. The van der Waals surface area contributed by atoms with Gasteiger partial charge < -0.3 is 20.1 Å². The Morgan fingerprint density at radius 2 is 2.06 bits per heavy atom. The summed E-state index contributed by atoms with van der Waals surface area (Å²) in [6.07, 6.45) is -0.377. The summed E-state index contributed by atoms with van der Waals surface area (Å²) >= 11 is 14.0. The topological polar surface area (TPSA) is 114 Å². The first-order valence-electron chi connectivity index (χ1n) is 9.02. The SMILES string of the molecule is C[C@@H](O)C(CO)OC(Sc1ccc(Cl)c(Cl)c1)[C@@H](O)Cn1cc(-c2ncc(F)s2)nn1. The van der Waals surface area contributed by atoms with E-state index in [0.29, 0.717) is 25.6 Å². The molecule has 0 amide bonds. The van der Waals surface area contributed by atoms with Crippen LogP contribution in [0.1, 0.15) is 6.92 Å². The zero-order valence-corrected chi connectivity index (χ0v) is 19.2. The van der Waals surface area contributed by atoms with Gasteiger partial charge in [-0.2, -0.15) is 4.39 Å². The lowest BCUT2D eigenvalue weighted by Gasteiger charge is -2.28. The summed E-state index contributed by atoms with van der Waals surface area (Å²) in [7, 11) is 0. The van der Waals surface area contributed by atoms with Crippen molar-refractivity contribution in [2.75, 3.05) is 6.61 Å². The fraction of sp³-hybridized carbons (Fsp3) is 0.389. The number of nitrogens with zero attached hydrogens (tertiary/aromatic N) is 4. The van der Waals surface area contributed by atoms with E-state index < -0.39 is 35.5 Å². The average molecular weight is 509 g/mol. The van der Waals surface area contributed by atoms with Gasteiger partial charge in [0.2, 0.25) is 0 Å². The fourth-order valence-corrected chi connectivity index (χ4v) is 4.50. The summed E-state index contributed by atoms with van der Waals surface area (Å²) in [5, 5.41) is 38.7. The summed E-state index contributed by atoms with van der Waals surface area (Å²) in [6.45, 7) is 1.02. The number of thiazole rings is 1. The van der Waals surface area contributed by atoms with Crippen molar-refractivity contribution in [1.82, 2.24) is 20.0 Å². The van der Waals surface area contributed by atoms with Crippen molar-refractivity contribution in [1.29, 1.82) is 0 Å². The van der Waals surface area contributed by atoms with Gasteiger partial charge >= 0.3 is 0 Å². The number of rotatable bonds is 10. The Bertz CT molecular complexity index is 1010. The molecule has 2 aromatic heterocycles. The molecule has 3 rings (SSSR count). The first kappa shape index (κ1) is 24.3. The molecular weight excluding hydrogens is 490 g/mol. The second kappa shape index (κ2) is 11.0. The predicted octanol–water partition coefficient (Wildman–Crippen LogP) is 3.09. The molecule has 168 valence electrons. The number of aromatic nitrogens is 4. The number of hydrogen-bond donors (Lipinski definition) is 3. The summed E-state index contributed by atoms with van der Waals surface area (Å²) in [5.41, 5.74) is -0.526. The summed E-state index contributed by atoms with van der Waals surface area (Å²) < 4.78 is 20.4. The van der Waals surface area contributed by atoms with Crippen LogP contribution < -0.4 is 0 Å². The van der Waals surface area contributed by atoms with E-state index >= 15 is 0 Å². The number of benzene rings is 1. The van der Waals surface area contributed by atoms with E-state index in [1.54, 1.807) is 18.2 Å². The van der Waals surface area contributed by atoms with Crippen LogP contribution in [-0.2, 0) is 11.3 Å². The molecule has 0 radical (unpaired) electrons. The maximum atomic E-state index is 13.2. The van der Waals surface area contributed by atoms with Gasteiger partial charge in [-0.3, -0.25) is 0 Å². The van der Waals surface area contributed by atoms with Gasteiger partial charge in [-0.25, -0.2) is 9.67 Å². The lowest BCUT2D eigenvalue weighted by molar-refractivity contribution is -0.0972. The number of thioether (sulfide) groups is 1. The zero-order valence-electron chi connectivity index (χ0n) is 16.1. The van der Waals surface area contributed by atoms with Gasteiger partial charge in [-0.1, -0.05) is 51.5 Å². The summed E-state index contributed by atoms with van der Waals surface area (Å²) in [4.78, 5) is 4.58. The van der Waals surface area contributed by atoms with Gasteiger partial charge in [0.15, 0.2) is 5.13 Å². The second-order valence-electron chi connectivity index (χ2n) is 6.52. The largest absolute Gasteiger partial charge is 0.394 e. The van der Waals surface area contributed by atoms with Crippen LogP contribution in [0.2, 0.25) is 10.0 Å². The highest BCUT2D eigenvalue weighted by molar-refractivity contribution is 7.99. The van der Waals surface area contributed by atoms with Crippen LogP contribution in [0.25, 0.3) is 10.7 Å². The van der Waals surface area contributed by atoms with Crippen LogP contribution in [0.15, 0.2) is 35.5 Å². The number of aliphatic hydroxyl groups excluding tert-OH is 3. The Hall–Kier alpha value is -1.31. The van der Waals surface area contributed by atoms with E-state index in [0.717, 1.165) is 29.3 Å². The molecule has 0 spiro atoms. The van der Waals surface area contributed by atoms with Crippen LogP contribution >= 0.6 is 46.3 Å². The van der Waals surface area contributed by atoms with E-state index in [-0.39, 0.29) is 6.54 Å². The minimum atomic E-state index is -1.12. The average Bonchev–Trinajstić information content (AvgIpc) is 3.36.